The summed E-state index contributed by atoms with van der Waals surface area (Å²) >= 11 is 6.52. The first-order chi connectivity index (χ1) is 21.6. The normalized spacial score (nSPS) is 16.4. The monoisotopic (exact) mass is 642 g/mol. The fourth-order valence-electron chi connectivity index (χ4n) is 5.34. The Kier molecular flexibility index (Phi) is 10.3. The number of benzene rings is 3. The van der Waals surface area contributed by atoms with E-state index < -0.39 is 29.2 Å². The number of piperazine rings is 1. The maximum absolute atomic E-state index is 14.1. The van der Waals surface area contributed by atoms with Crippen molar-refractivity contribution in [2.45, 2.75) is 57.8 Å². The number of amides is 3. The first-order valence-electron chi connectivity index (χ1n) is 14.8. The van der Waals surface area contributed by atoms with Gasteiger partial charge in [-0.25, -0.2) is 8.78 Å². The van der Waals surface area contributed by atoms with Crippen molar-refractivity contribution in [3.63, 3.8) is 0 Å². The Morgan fingerprint density at radius 2 is 1.76 bits per heavy atom. The van der Waals surface area contributed by atoms with Gasteiger partial charge in [-0.2, -0.15) is 4.39 Å². The second kappa shape index (κ2) is 14.3. The second-order valence-corrected chi connectivity index (χ2v) is 11.6. The molecule has 8 nitrogen and oxygen atoms in total. The number of halogens is 4. The van der Waals surface area contributed by atoms with E-state index in [0.29, 0.717) is 36.2 Å². The van der Waals surface area contributed by atoms with Gasteiger partial charge in [0.25, 0.3) is 0 Å². The van der Waals surface area contributed by atoms with E-state index in [2.05, 4.69) is 10.6 Å². The molecule has 0 aromatic heterocycles. The van der Waals surface area contributed by atoms with E-state index in [4.69, 9.17) is 16.3 Å². The van der Waals surface area contributed by atoms with Crippen LogP contribution in [0.4, 0.5) is 18.9 Å². The van der Waals surface area contributed by atoms with Crippen molar-refractivity contribution in [3.8, 4) is 5.75 Å². The lowest BCUT2D eigenvalue weighted by molar-refractivity contribution is -0.136. The minimum absolute atomic E-state index is 0.0247. The number of hydrogen-bond donors (Lipinski definition) is 2. The lowest BCUT2D eigenvalue weighted by Gasteiger charge is -2.38. The molecule has 0 spiro atoms. The number of aryl methyl sites for hydroxylation is 1. The fraction of sp³-hybridized carbons (Fsp3) is 0.364. The summed E-state index contributed by atoms with van der Waals surface area (Å²) in [5.41, 5.74) is 3.10. The Hall–Kier alpha value is -4.09. The zero-order chi connectivity index (χ0) is 32.1. The van der Waals surface area contributed by atoms with Gasteiger partial charge >= 0.3 is 0 Å². The zero-order valence-corrected chi connectivity index (χ0v) is 25.5. The van der Waals surface area contributed by atoms with E-state index in [-0.39, 0.29) is 50.0 Å². The highest BCUT2D eigenvalue weighted by atomic mass is 35.5. The number of ether oxygens (including phenoxy) is 1. The summed E-state index contributed by atoms with van der Waals surface area (Å²) in [5, 5.41) is 6.35. The molecule has 2 aliphatic rings. The average Bonchev–Trinajstić information content (AvgIpc) is 3.87. The predicted octanol–water partition coefficient (Wildman–Crippen LogP) is 4.90. The van der Waals surface area contributed by atoms with Crippen molar-refractivity contribution in [1.29, 1.82) is 0 Å². The van der Waals surface area contributed by atoms with Gasteiger partial charge in [0.2, 0.25) is 23.5 Å². The molecule has 2 fully saturated rings. The summed E-state index contributed by atoms with van der Waals surface area (Å²) < 4.78 is 46.2. The molecule has 2 N–H and O–H groups in total. The molecule has 0 unspecified atom stereocenters. The number of carbonyl (C=O) groups is 3. The third-order valence-electron chi connectivity index (χ3n) is 7.81. The van der Waals surface area contributed by atoms with Crippen LogP contribution in [0.3, 0.4) is 0 Å². The standard InChI is InChI=1S/C33H34ClF3N4O4/c1-20(42)39-16-22-6-11-26(34)23(15-22)19-40(24-9-10-24)33(44)29-17-38-18-30(43)41(29)25-7-4-21(5-8-25)3-2-14-45-32-28(36)13-12-27(35)31(32)37/h4-8,11-13,15,24,29,38H,2-3,9-10,14,16-19H2,1H3,(H,39,42)/t29-/m1/s1. The molecule has 3 amide bonds. The van der Waals surface area contributed by atoms with Gasteiger partial charge in [0, 0.05) is 43.3 Å². The predicted molar refractivity (Wildman–Crippen MR) is 163 cm³/mol. The van der Waals surface area contributed by atoms with Gasteiger partial charge in [-0.1, -0.05) is 35.9 Å². The lowest BCUT2D eigenvalue weighted by Crippen LogP contribution is -2.61. The number of rotatable bonds is 12. The molecule has 3 aromatic rings. The minimum atomic E-state index is -1.36. The minimum Gasteiger partial charge on any atom is -0.488 e. The van der Waals surface area contributed by atoms with Crippen LogP contribution in [0.15, 0.2) is 54.6 Å². The highest BCUT2D eigenvalue weighted by Gasteiger charge is 2.41. The van der Waals surface area contributed by atoms with Crippen LogP contribution in [0.25, 0.3) is 0 Å². The lowest BCUT2D eigenvalue weighted by atomic mass is 10.1. The molecule has 1 saturated carbocycles. The highest BCUT2D eigenvalue weighted by molar-refractivity contribution is 6.31. The molecule has 0 bridgehead atoms. The summed E-state index contributed by atoms with van der Waals surface area (Å²) in [5.74, 6) is -4.81. The first kappa shape index (κ1) is 32.3. The maximum Gasteiger partial charge on any atom is 0.247 e. The SMILES string of the molecule is CC(=O)NCc1ccc(Cl)c(CN(C(=O)[C@H]2CNCC(=O)N2c2ccc(CCCOc3c(F)ccc(F)c3F)cc2)C2CC2)c1. The average molecular weight is 643 g/mol. The van der Waals surface area contributed by atoms with Gasteiger partial charge in [0.15, 0.2) is 17.4 Å². The third-order valence-corrected chi connectivity index (χ3v) is 8.18. The Bertz CT molecular complexity index is 1570. The smallest absolute Gasteiger partial charge is 0.247 e. The Balaban J connectivity index is 1.25. The first-order valence-corrected chi connectivity index (χ1v) is 15.2. The van der Waals surface area contributed by atoms with E-state index in [1.807, 2.05) is 24.3 Å². The molecule has 1 saturated heterocycles. The molecular weight excluding hydrogens is 609 g/mol. The number of anilines is 1. The highest BCUT2D eigenvalue weighted by Crippen LogP contribution is 2.32. The molecular formula is C33H34ClF3N4O4. The van der Waals surface area contributed by atoms with Crippen LogP contribution in [0, 0.1) is 17.5 Å². The third kappa shape index (κ3) is 7.96. The Labute approximate surface area is 264 Å². The van der Waals surface area contributed by atoms with Crippen LogP contribution >= 0.6 is 11.6 Å². The summed E-state index contributed by atoms with van der Waals surface area (Å²) in [4.78, 5) is 41.9. The van der Waals surface area contributed by atoms with Crippen molar-refractivity contribution in [3.05, 3.63) is 93.8 Å². The number of nitrogens with one attached hydrogen (secondary N) is 2. The van der Waals surface area contributed by atoms with E-state index in [1.54, 1.807) is 23.1 Å². The van der Waals surface area contributed by atoms with E-state index in [9.17, 15) is 27.6 Å². The van der Waals surface area contributed by atoms with Gasteiger partial charge in [-0.3, -0.25) is 19.3 Å². The van der Waals surface area contributed by atoms with Gasteiger partial charge in [-0.15, -0.1) is 0 Å². The Morgan fingerprint density at radius 1 is 1.04 bits per heavy atom. The van der Waals surface area contributed by atoms with E-state index >= 15 is 0 Å². The molecule has 5 rings (SSSR count). The molecule has 3 aromatic carbocycles. The van der Waals surface area contributed by atoms with Gasteiger partial charge < -0.3 is 20.3 Å². The van der Waals surface area contributed by atoms with Crippen LogP contribution in [0.1, 0.15) is 42.9 Å². The van der Waals surface area contributed by atoms with Crippen molar-refractivity contribution in [2.75, 3.05) is 24.6 Å². The molecule has 1 atom stereocenters. The quantitative estimate of drug-likeness (QED) is 0.217. The number of nitrogens with zero attached hydrogens (tertiary/aromatic N) is 2. The molecule has 1 heterocycles. The Morgan fingerprint density at radius 3 is 2.47 bits per heavy atom. The van der Waals surface area contributed by atoms with Gasteiger partial charge in [0.1, 0.15) is 6.04 Å². The van der Waals surface area contributed by atoms with Gasteiger partial charge in [-0.05, 0) is 72.7 Å². The van der Waals surface area contributed by atoms with Crippen molar-refractivity contribution in [1.82, 2.24) is 15.5 Å². The molecule has 238 valence electrons. The summed E-state index contributed by atoms with van der Waals surface area (Å²) in [6, 6.07) is 13.5. The fourth-order valence-corrected chi connectivity index (χ4v) is 5.51. The van der Waals surface area contributed by atoms with Crippen LogP contribution < -0.4 is 20.3 Å². The summed E-state index contributed by atoms with van der Waals surface area (Å²) in [7, 11) is 0. The van der Waals surface area contributed by atoms with Crippen LogP contribution in [-0.2, 0) is 33.9 Å². The van der Waals surface area contributed by atoms with Crippen molar-refractivity contribution in [2.24, 2.45) is 0 Å². The molecule has 45 heavy (non-hydrogen) atoms. The van der Waals surface area contributed by atoms with Crippen molar-refractivity contribution >= 4 is 35.0 Å². The molecule has 1 aliphatic heterocycles. The topological polar surface area (TPSA) is 91.0 Å². The van der Waals surface area contributed by atoms with Crippen LogP contribution in [0.2, 0.25) is 5.02 Å². The van der Waals surface area contributed by atoms with Crippen LogP contribution in [0.5, 0.6) is 5.75 Å². The second-order valence-electron chi connectivity index (χ2n) is 11.2. The maximum atomic E-state index is 14.1. The van der Waals surface area contributed by atoms with Crippen LogP contribution in [-0.4, -0.2) is 54.4 Å². The van der Waals surface area contributed by atoms with Crippen molar-refractivity contribution < 1.29 is 32.3 Å². The van der Waals surface area contributed by atoms with E-state index in [0.717, 1.165) is 35.6 Å². The summed E-state index contributed by atoms with van der Waals surface area (Å²) in [6.07, 6.45) is 2.64. The molecule has 12 heteroatoms. The largest absolute Gasteiger partial charge is 0.488 e. The zero-order valence-electron chi connectivity index (χ0n) is 24.8. The molecule has 1 aliphatic carbocycles. The number of hydrogen-bond acceptors (Lipinski definition) is 5. The summed E-state index contributed by atoms with van der Waals surface area (Å²) in [6.45, 7) is 2.43. The number of carbonyl (C=O) groups excluding carboxylic acids is 3. The van der Waals surface area contributed by atoms with Gasteiger partial charge in [0.05, 0.1) is 13.2 Å². The van der Waals surface area contributed by atoms with E-state index in [1.165, 1.54) is 11.8 Å². The molecule has 0 radical (unpaired) electrons.